The smallest absolute Gasteiger partial charge is 0.383 e. The molecule has 3 rings (SSSR count). The van der Waals surface area contributed by atoms with Gasteiger partial charge in [-0.05, 0) is 18.1 Å². The van der Waals surface area contributed by atoms with Crippen molar-refractivity contribution in [2.45, 2.75) is 77.6 Å². The zero-order valence-corrected chi connectivity index (χ0v) is 23.7. The van der Waals surface area contributed by atoms with Crippen molar-refractivity contribution in [2.75, 3.05) is 11.9 Å². The van der Waals surface area contributed by atoms with Crippen molar-refractivity contribution < 1.29 is 27.9 Å². The van der Waals surface area contributed by atoms with Gasteiger partial charge in [-0.25, -0.2) is 9.55 Å². The molecule has 196 valence electrons. The number of aromatic amines is 1. The van der Waals surface area contributed by atoms with Crippen molar-refractivity contribution in [3.63, 3.8) is 0 Å². The summed E-state index contributed by atoms with van der Waals surface area (Å²) in [5, 5.41) is 2.51. The van der Waals surface area contributed by atoms with E-state index in [0.29, 0.717) is 6.42 Å². The first-order valence-electron chi connectivity index (χ1n) is 11.3. The number of ether oxygens (including phenoxy) is 1. The number of thiol groups is 1. The highest BCUT2D eigenvalue weighted by atomic mass is 32.7. The Balaban J connectivity index is 1.94. The quantitative estimate of drug-likeness (QED) is 0.221. The van der Waals surface area contributed by atoms with Gasteiger partial charge in [0.25, 0.3) is 5.56 Å². The molecule has 0 saturated carbocycles. The van der Waals surface area contributed by atoms with Crippen molar-refractivity contribution >= 4 is 50.4 Å². The van der Waals surface area contributed by atoms with Gasteiger partial charge in [0.2, 0.25) is 11.9 Å². The number of nitrogens with one attached hydrogen (secondary N) is 2. The van der Waals surface area contributed by atoms with Crippen molar-refractivity contribution in [1.29, 1.82) is 0 Å². The molecule has 1 fully saturated rings. The first-order chi connectivity index (χ1) is 16.0. The SMILES string of the molecule is CC(C)C(=O)Nc1nc2c(ncn2[C@H]2CC(O[Si](C)(C)C(C)(C)C)[C@@H](COP(=O)(O)S)O2)c(=O)[nH]1. The van der Waals surface area contributed by atoms with Crippen LogP contribution < -0.4 is 10.9 Å². The highest BCUT2D eigenvalue weighted by Gasteiger charge is 2.46. The summed E-state index contributed by atoms with van der Waals surface area (Å²) in [5.74, 6) is -0.593. The Bertz CT molecular complexity index is 1190. The predicted molar refractivity (Wildman–Crippen MR) is 137 cm³/mol. The van der Waals surface area contributed by atoms with Crippen LogP contribution in [0.1, 0.15) is 47.3 Å². The summed E-state index contributed by atoms with van der Waals surface area (Å²) >= 11 is 3.59. The second-order valence-corrected chi connectivity index (χ2v) is 18.0. The number of rotatable bonds is 8. The van der Waals surface area contributed by atoms with Crippen LogP contribution in [0.15, 0.2) is 11.1 Å². The molecular weight excluding hydrogens is 513 g/mol. The van der Waals surface area contributed by atoms with E-state index >= 15 is 0 Å². The van der Waals surface area contributed by atoms with Crippen LogP contribution in [0.5, 0.6) is 0 Å². The van der Waals surface area contributed by atoms with Gasteiger partial charge in [-0.2, -0.15) is 4.98 Å². The normalized spacial score (nSPS) is 23.1. The van der Waals surface area contributed by atoms with Gasteiger partial charge in [-0.15, -0.1) is 0 Å². The number of hydrogen-bond donors (Lipinski definition) is 4. The molecule has 4 atom stereocenters. The van der Waals surface area contributed by atoms with Crippen LogP contribution in [0, 0.1) is 5.92 Å². The predicted octanol–water partition coefficient (Wildman–Crippen LogP) is 3.44. The number of carbonyl (C=O) groups excluding carboxylic acids is 1. The van der Waals surface area contributed by atoms with Crippen LogP contribution in [-0.4, -0.2) is 57.5 Å². The first-order valence-corrected chi connectivity index (χ1v) is 16.9. The molecule has 15 heteroatoms. The highest BCUT2D eigenvalue weighted by molar-refractivity contribution is 8.44. The number of aromatic nitrogens is 4. The second-order valence-electron chi connectivity index (χ2n) is 10.5. The minimum Gasteiger partial charge on any atom is -0.411 e. The number of H-pyrrole nitrogens is 1. The third-order valence-electron chi connectivity index (χ3n) is 6.35. The maximum absolute atomic E-state index is 12.5. The molecule has 0 aliphatic carbocycles. The lowest BCUT2D eigenvalue weighted by atomic mass is 10.2. The molecule has 0 aromatic carbocycles. The van der Waals surface area contributed by atoms with E-state index in [4.69, 9.17) is 13.7 Å². The molecule has 12 nitrogen and oxygen atoms in total. The lowest BCUT2D eigenvalue weighted by Crippen LogP contribution is -2.46. The van der Waals surface area contributed by atoms with E-state index in [-0.39, 0.29) is 40.6 Å². The fourth-order valence-electron chi connectivity index (χ4n) is 3.33. The van der Waals surface area contributed by atoms with E-state index in [1.165, 1.54) is 6.33 Å². The van der Waals surface area contributed by atoms with Crippen molar-refractivity contribution in [1.82, 2.24) is 19.5 Å². The van der Waals surface area contributed by atoms with E-state index in [9.17, 15) is 19.0 Å². The van der Waals surface area contributed by atoms with Crippen LogP contribution in [0.2, 0.25) is 18.1 Å². The molecule has 0 spiro atoms. The molecule has 35 heavy (non-hydrogen) atoms. The fraction of sp³-hybridized carbons (Fsp3) is 0.700. The molecule has 0 bridgehead atoms. The lowest BCUT2D eigenvalue weighted by molar-refractivity contribution is -0.118. The summed E-state index contributed by atoms with van der Waals surface area (Å²) in [4.78, 5) is 45.2. The largest absolute Gasteiger partial charge is 0.411 e. The number of imidazole rings is 1. The zero-order chi connectivity index (χ0) is 26.3. The summed E-state index contributed by atoms with van der Waals surface area (Å²) in [6.07, 6.45) is 0.0653. The lowest BCUT2D eigenvalue weighted by Gasteiger charge is -2.39. The number of amides is 1. The standard InChI is InChI=1S/C20H34N5O7PSSi/c1-11(2)17(26)23-19-22-16-15(18(27)24-19)21-10-25(16)14-8-12(32-35(6,7)20(3,4)5)13(31-14)9-30-33(28,29)34/h10-14H,8-9H2,1-7H3,(H2,28,29,34)(H2,22,23,24,26,27)/t12?,13-,14-/m1/s1. The Morgan fingerprint density at radius 2 is 2.11 bits per heavy atom. The monoisotopic (exact) mass is 547 g/mol. The van der Waals surface area contributed by atoms with Crippen LogP contribution in [-0.2, 0) is 23.0 Å². The van der Waals surface area contributed by atoms with Crippen LogP contribution in [0.3, 0.4) is 0 Å². The van der Waals surface area contributed by atoms with Gasteiger partial charge in [-0.1, -0.05) is 46.9 Å². The number of anilines is 1. The summed E-state index contributed by atoms with van der Waals surface area (Å²) in [7, 11) is -2.23. The molecule has 2 unspecified atom stereocenters. The molecule has 1 saturated heterocycles. The second kappa shape index (κ2) is 10.1. The van der Waals surface area contributed by atoms with Gasteiger partial charge in [0.15, 0.2) is 19.5 Å². The van der Waals surface area contributed by atoms with Gasteiger partial charge < -0.3 is 14.1 Å². The summed E-state index contributed by atoms with van der Waals surface area (Å²) in [6, 6.07) is 0. The van der Waals surface area contributed by atoms with E-state index in [2.05, 4.69) is 66.4 Å². The van der Waals surface area contributed by atoms with E-state index in [1.54, 1.807) is 18.4 Å². The van der Waals surface area contributed by atoms with Gasteiger partial charge in [0.05, 0.1) is 19.0 Å². The number of fused-ring (bicyclic) bond motifs is 1. The van der Waals surface area contributed by atoms with Gasteiger partial charge in [0.1, 0.15) is 12.3 Å². The van der Waals surface area contributed by atoms with Crippen molar-refractivity contribution in [3.05, 3.63) is 16.7 Å². The van der Waals surface area contributed by atoms with Crippen molar-refractivity contribution in [2.24, 2.45) is 5.92 Å². The molecule has 3 heterocycles. The Morgan fingerprint density at radius 1 is 1.46 bits per heavy atom. The molecule has 1 aliphatic heterocycles. The van der Waals surface area contributed by atoms with Gasteiger partial charge >= 0.3 is 6.80 Å². The summed E-state index contributed by atoms with van der Waals surface area (Å²) < 4.78 is 31.0. The van der Waals surface area contributed by atoms with E-state index in [0.717, 1.165) is 0 Å². The van der Waals surface area contributed by atoms with Crippen molar-refractivity contribution in [3.8, 4) is 0 Å². The average Bonchev–Trinajstić information content (AvgIpc) is 3.28. The third kappa shape index (κ3) is 6.62. The van der Waals surface area contributed by atoms with E-state index < -0.39 is 39.1 Å². The molecule has 2 aromatic heterocycles. The minimum absolute atomic E-state index is 0.00574. The van der Waals surface area contributed by atoms with Crippen LogP contribution in [0.25, 0.3) is 11.2 Å². The van der Waals surface area contributed by atoms with Crippen LogP contribution >= 0.6 is 19.0 Å². The fourth-order valence-corrected chi connectivity index (χ4v) is 5.23. The molecule has 1 aliphatic rings. The average molecular weight is 548 g/mol. The maximum Gasteiger partial charge on any atom is 0.383 e. The number of nitrogens with zero attached hydrogens (tertiary/aromatic N) is 3. The first kappa shape index (κ1) is 28.0. The summed E-state index contributed by atoms with van der Waals surface area (Å²) in [5.41, 5.74) is -0.184. The zero-order valence-electron chi connectivity index (χ0n) is 20.9. The molecule has 1 amide bonds. The number of carbonyl (C=O) groups is 1. The number of hydrogen-bond acceptors (Lipinski definition) is 8. The Hall–Kier alpha value is -1.54. The molecule has 0 radical (unpaired) electrons. The highest BCUT2D eigenvalue weighted by Crippen LogP contribution is 2.48. The minimum atomic E-state index is -4.03. The van der Waals surface area contributed by atoms with Gasteiger partial charge in [0, 0.05) is 12.3 Å². The third-order valence-corrected chi connectivity index (χ3v) is 11.7. The molecule has 2 aromatic rings. The van der Waals surface area contributed by atoms with E-state index in [1.807, 2.05) is 0 Å². The topological polar surface area (TPSA) is 158 Å². The Morgan fingerprint density at radius 3 is 2.69 bits per heavy atom. The van der Waals surface area contributed by atoms with Gasteiger partial charge in [-0.3, -0.25) is 29.0 Å². The Kier molecular flexibility index (Phi) is 8.07. The Labute approximate surface area is 210 Å². The molecule has 3 N–H and O–H groups in total. The van der Waals surface area contributed by atoms with Crippen LogP contribution in [0.4, 0.5) is 5.95 Å². The summed E-state index contributed by atoms with van der Waals surface area (Å²) in [6.45, 7) is 9.76. The molecular formula is C20H34N5O7PSSi. The maximum atomic E-state index is 12.5.